The van der Waals surface area contributed by atoms with Crippen molar-refractivity contribution in [2.24, 2.45) is 0 Å². The summed E-state index contributed by atoms with van der Waals surface area (Å²) >= 11 is 0. The van der Waals surface area contributed by atoms with Gasteiger partial charge in [0.05, 0.1) is 7.11 Å². The van der Waals surface area contributed by atoms with Gasteiger partial charge in [0, 0.05) is 11.4 Å². The van der Waals surface area contributed by atoms with E-state index in [2.05, 4.69) is 10.6 Å². The zero-order chi connectivity index (χ0) is 15.2. The molecular weight excluding hydrogens is 264 g/mol. The summed E-state index contributed by atoms with van der Waals surface area (Å²) in [7, 11) is 1.63. The maximum absolute atomic E-state index is 12.2. The summed E-state index contributed by atoms with van der Waals surface area (Å²) in [6.07, 6.45) is 0. The molecule has 1 atom stereocenters. The van der Waals surface area contributed by atoms with Crippen molar-refractivity contribution in [2.75, 3.05) is 17.7 Å². The molecule has 110 valence electrons. The van der Waals surface area contributed by atoms with Gasteiger partial charge in [-0.05, 0) is 55.8 Å². The molecule has 4 heteroatoms. The standard InChI is InChI=1S/C17H20N2O2/c1-12-5-4-6-15(11-12)19-17(20)13(2)18-14-7-9-16(21-3)10-8-14/h4-11,13,18H,1-3H3,(H,19,20). The largest absolute Gasteiger partial charge is 0.497 e. The highest BCUT2D eigenvalue weighted by atomic mass is 16.5. The van der Waals surface area contributed by atoms with Gasteiger partial charge in [0.1, 0.15) is 11.8 Å². The first kappa shape index (κ1) is 14.9. The van der Waals surface area contributed by atoms with E-state index in [9.17, 15) is 4.79 Å². The van der Waals surface area contributed by atoms with Crippen molar-refractivity contribution in [1.82, 2.24) is 0 Å². The van der Waals surface area contributed by atoms with Crippen LogP contribution in [0.4, 0.5) is 11.4 Å². The first-order valence-electron chi connectivity index (χ1n) is 6.86. The lowest BCUT2D eigenvalue weighted by Crippen LogP contribution is -2.31. The predicted molar refractivity (Wildman–Crippen MR) is 85.9 cm³/mol. The van der Waals surface area contributed by atoms with E-state index >= 15 is 0 Å². The molecule has 0 fully saturated rings. The lowest BCUT2D eigenvalue weighted by atomic mass is 10.2. The third kappa shape index (κ3) is 4.24. The topological polar surface area (TPSA) is 50.4 Å². The number of rotatable bonds is 5. The Bertz CT molecular complexity index is 608. The molecule has 2 aromatic carbocycles. The van der Waals surface area contributed by atoms with Gasteiger partial charge in [-0.3, -0.25) is 4.79 Å². The van der Waals surface area contributed by atoms with Crippen molar-refractivity contribution in [3.63, 3.8) is 0 Å². The normalized spacial score (nSPS) is 11.6. The lowest BCUT2D eigenvalue weighted by molar-refractivity contribution is -0.116. The number of hydrogen-bond donors (Lipinski definition) is 2. The fourth-order valence-electron chi connectivity index (χ4n) is 1.98. The summed E-state index contributed by atoms with van der Waals surface area (Å²) in [6, 6.07) is 14.9. The van der Waals surface area contributed by atoms with E-state index in [1.54, 1.807) is 7.11 Å². The zero-order valence-corrected chi connectivity index (χ0v) is 12.5. The molecule has 21 heavy (non-hydrogen) atoms. The Morgan fingerprint density at radius 3 is 2.43 bits per heavy atom. The fourth-order valence-corrected chi connectivity index (χ4v) is 1.98. The van der Waals surface area contributed by atoms with E-state index in [1.165, 1.54) is 0 Å². The van der Waals surface area contributed by atoms with Gasteiger partial charge in [-0.2, -0.15) is 0 Å². The summed E-state index contributed by atoms with van der Waals surface area (Å²) in [4.78, 5) is 12.2. The molecule has 0 saturated carbocycles. The Morgan fingerprint density at radius 1 is 1.10 bits per heavy atom. The zero-order valence-electron chi connectivity index (χ0n) is 12.5. The number of amides is 1. The van der Waals surface area contributed by atoms with E-state index in [1.807, 2.05) is 62.4 Å². The summed E-state index contributed by atoms with van der Waals surface area (Å²) < 4.78 is 5.10. The van der Waals surface area contributed by atoms with Crippen molar-refractivity contribution in [3.05, 3.63) is 54.1 Å². The highest BCUT2D eigenvalue weighted by Gasteiger charge is 2.12. The van der Waals surface area contributed by atoms with Crippen molar-refractivity contribution in [1.29, 1.82) is 0 Å². The van der Waals surface area contributed by atoms with Crippen LogP contribution in [0.3, 0.4) is 0 Å². The van der Waals surface area contributed by atoms with Crippen LogP contribution in [0.25, 0.3) is 0 Å². The van der Waals surface area contributed by atoms with Crippen LogP contribution in [0.1, 0.15) is 12.5 Å². The summed E-state index contributed by atoms with van der Waals surface area (Å²) in [5.74, 6) is 0.717. The Hall–Kier alpha value is -2.49. The molecule has 0 radical (unpaired) electrons. The highest BCUT2D eigenvalue weighted by Crippen LogP contribution is 2.16. The summed E-state index contributed by atoms with van der Waals surface area (Å²) in [5, 5.41) is 6.06. The van der Waals surface area contributed by atoms with Crippen molar-refractivity contribution >= 4 is 17.3 Å². The Labute approximate surface area is 125 Å². The molecule has 0 aromatic heterocycles. The molecule has 2 N–H and O–H groups in total. The van der Waals surface area contributed by atoms with Gasteiger partial charge in [0.25, 0.3) is 0 Å². The molecule has 0 spiro atoms. The third-order valence-corrected chi connectivity index (χ3v) is 3.15. The second-order valence-corrected chi connectivity index (χ2v) is 4.95. The number of carbonyl (C=O) groups is 1. The van der Waals surface area contributed by atoms with E-state index in [0.29, 0.717) is 0 Å². The number of benzene rings is 2. The predicted octanol–water partition coefficient (Wildman–Crippen LogP) is 3.44. The number of anilines is 2. The van der Waals surface area contributed by atoms with Crippen molar-refractivity contribution in [3.8, 4) is 5.75 Å². The van der Waals surface area contributed by atoms with Gasteiger partial charge in [0.2, 0.25) is 5.91 Å². The van der Waals surface area contributed by atoms with Crippen LogP contribution in [0.5, 0.6) is 5.75 Å². The summed E-state index contributed by atoms with van der Waals surface area (Å²) in [5.41, 5.74) is 2.80. The van der Waals surface area contributed by atoms with E-state index in [0.717, 1.165) is 22.7 Å². The molecular formula is C17H20N2O2. The van der Waals surface area contributed by atoms with E-state index < -0.39 is 0 Å². The monoisotopic (exact) mass is 284 g/mol. The minimum atomic E-state index is -0.334. The molecule has 1 amide bonds. The average molecular weight is 284 g/mol. The second-order valence-electron chi connectivity index (χ2n) is 4.95. The van der Waals surface area contributed by atoms with Crippen LogP contribution in [-0.4, -0.2) is 19.1 Å². The molecule has 0 saturated heterocycles. The molecule has 0 aliphatic rings. The van der Waals surface area contributed by atoms with Crippen LogP contribution in [0.2, 0.25) is 0 Å². The van der Waals surface area contributed by atoms with Gasteiger partial charge >= 0.3 is 0 Å². The number of ether oxygens (including phenoxy) is 1. The quantitative estimate of drug-likeness (QED) is 0.884. The Balaban J connectivity index is 1.95. The minimum Gasteiger partial charge on any atom is -0.497 e. The molecule has 1 unspecified atom stereocenters. The van der Waals surface area contributed by atoms with Crippen LogP contribution in [-0.2, 0) is 4.79 Å². The minimum absolute atomic E-state index is 0.0728. The molecule has 0 heterocycles. The van der Waals surface area contributed by atoms with E-state index in [4.69, 9.17) is 4.74 Å². The highest BCUT2D eigenvalue weighted by molar-refractivity contribution is 5.96. The number of nitrogens with one attached hydrogen (secondary N) is 2. The smallest absolute Gasteiger partial charge is 0.246 e. The van der Waals surface area contributed by atoms with Gasteiger partial charge in [-0.15, -0.1) is 0 Å². The maximum Gasteiger partial charge on any atom is 0.246 e. The molecule has 0 aliphatic heterocycles. The van der Waals surface area contributed by atoms with Crippen LogP contribution < -0.4 is 15.4 Å². The summed E-state index contributed by atoms with van der Waals surface area (Å²) in [6.45, 7) is 3.82. The molecule has 2 aromatic rings. The molecule has 0 bridgehead atoms. The third-order valence-electron chi connectivity index (χ3n) is 3.15. The number of aryl methyl sites for hydroxylation is 1. The lowest BCUT2D eigenvalue weighted by Gasteiger charge is -2.15. The first-order valence-corrected chi connectivity index (χ1v) is 6.86. The molecule has 0 aliphatic carbocycles. The van der Waals surface area contributed by atoms with Crippen LogP contribution in [0, 0.1) is 6.92 Å². The SMILES string of the molecule is COc1ccc(NC(C)C(=O)Nc2cccc(C)c2)cc1. The van der Waals surface area contributed by atoms with Crippen LogP contribution >= 0.6 is 0 Å². The Kier molecular flexibility index (Phi) is 4.82. The number of carbonyl (C=O) groups excluding carboxylic acids is 1. The van der Waals surface area contributed by atoms with Crippen LogP contribution in [0.15, 0.2) is 48.5 Å². The Morgan fingerprint density at radius 2 is 1.81 bits per heavy atom. The first-order chi connectivity index (χ1) is 10.1. The number of methoxy groups -OCH3 is 1. The van der Waals surface area contributed by atoms with Gasteiger partial charge in [-0.1, -0.05) is 12.1 Å². The molecule has 4 nitrogen and oxygen atoms in total. The van der Waals surface area contributed by atoms with Gasteiger partial charge in [0.15, 0.2) is 0 Å². The van der Waals surface area contributed by atoms with E-state index in [-0.39, 0.29) is 11.9 Å². The second kappa shape index (κ2) is 6.79. The fraction of sp³-hybridized carbons (Fsp3) is 0.235. The van der Waals surface area contributed by atoms with Gasteiger partial charge < -0.3 is 15.4 Å². The number of hydrogen-bond acceptors (Lipinski definition) is 3. The molecule has 2 rings (SSSR count). The maximum atomic E-state index is 12.2. The van der Waals surface area contributed by atoms with Crippen molar-refractivity contribution < 1.29 is 9.53 Å². The average Bonchev–Trinajstić information content (AvgIpc) is 2.48. The van der Waals surface area contributed by atoms with Gasteiger partial charge in [-0.25, -0.2) is 0 Å². The van der Waals surface area contributed by atoms with Crippen molar-refractivity contribution in [2.45, 2.75) is 19.9 Å².